The van der Waals surface area contributed by atoms with Crippen LogP contribution in [0, 0.1) is 17.0 Å². The van der Waals surface area contributed by atoms with Gasteiger partial charge in [0.05, 0.1) is 11.1 Å². The minimum atomic E-state index is -0.450. The second-order valence-corrected chi connectivity index (χ2v) is 6.52. The summed E-state index contributed by atoms with van der Waals surface area (Å²) in [6.45, 7) is 2.02. The fourth-order valence-corrected chi connectivity index (χ4v) is 2.53. The Labute approximate surface area is 173 Å². The molecule has 146 valence electrons. The maximum atomic E-state index is 10.7. The van der Waals surface area contributed by atoms with Gasteiger partial charge in [0.15, 0.2) is 5.11 Å². The van der Waals surface area contributed by atoms with E-state index in [0.717, 1.165) is 11.3 Å². The summed E-state index contributed by atoms with van der Waals surface area (Å²) in [4.78, 5) is 10.2. The third kappa shape index (κ3) is 6.12. The van der Waals surface area contributed by atoms with Crippen LogP contribution < -0.4 is 15.5 Å². The highest BCUT2D eigenvalue weighted by atomic mass is 32.1. The molecule has 0 unspecified atom stereocenters. The third-order valence-electron chi connectivity index (χ3n) is 3.85. The fraction of sp³-hybridized carbons (Fsp3) is 0.0476. The maximum Gasteiger partial charge on any atom is 0.269 e. The third-order valence-corrected chi connectivity index (χ3v) is 4.05. The number of hydrogen-bond donors (Lipinski definition) is 2. The molecule has 0 saturated carbocycles. The summed E-state index contributed by atoms with van der Waals surface area (Å²) in [5.74, 6) is 1.13. The summed E-state index contributed by atoms with van der Waals surface area (Å²) in [5.41, 5.74) is 5.70. The molecule has 0 heterocycles. The molecular weight excluding hydrogens is 388 g/mol. The Morgan fingerprint density at radius 3 is 2.17 bits per heavy atom. The van der Waals surface area contributed by atoms with E-state index >= 15 is 0 Å². The lowest BCUT2D eigenvalue weighted by atomic mass is 10.2. The van der Waals surface area contributed by atoms with E-state index < -0.39 is 4.92 Å². The Kier molecular flexibility index (Phi) is 6.49. The molecule has 0 aliphatic heterocycles. The van der Waals surface area contributed by atoms with Crippen molar-refractivity contribution < 1.29 is 9.66 Å². The zero-order valence-corrected chi connectivity index (χ0v) is 16.3. The number of rotatable bonds is 6. The van der Waals surface area contributed by atoms with Crippen molar-refractivity contribution in [3.05, 3.63) is 94.0 Å². The van der Waals surface area contributed by atoms with E-state index in [1.807, 2.05) is 43.3 Å². The molecule has 0 fully saturated rings. The summed E-state index contributed by atoms with van der Waals surface area (Å²) in [5, 5.41) is 18.2. The summed E-state index contributed by atoms with van der Waals surface area (Å²) >= 11 is 5.21. The van der Waals surface area contributed by atoms with Crippen molar-refractivity contribution in [1.82, 2.24) is 5.43 Å². The number of benzene rings is 3. The molecule has 3 rings (SSSR count). The number of anilines is 1. The number of ether oxygens (including phenoxy) is 1. The van der Waals surface area contributed by atoms with Crippen LogP contribution in [-0.2, 0) is 0 Å². The molecule has 0 spiro atoms. The van der Waals surface area contributed by atoms with Crippen LogP contribution >= 0.6 is 12.2 Å². The van der Waals surface area contributed by atoms with Gasteiger partial charge in [0.25, 0.3) is 5.69 Å². The number of non-ortho nitro benzene ring substituents is 1. The lowest BCUT2D eigenvalue weighted by Gasteiger charge is -2.07. The normalized spacial score (nSPS) is 10.5. The van der Waals surface area contributed by atoms with Gasteiger partial charge in [0.1, 0.15) is 11.5 Å². The topological polar surface area (TPSA) is 88.8 Å². The van der Waals surface area contributed by atoms with Gasteiger partial charge in [-0.2, -0.15) is 5.10 Å². The van der Waals surface area contributed by atoms with Gasteiger partial charge in [-0.25, -0.2) is 0 Å². The van der Waals surface area contributed by atoms with Crippen LogP contribution in [0.25, 0.3) is 0 Å². The Morgan fingerprint density at radius 1 is 1.00 bits per heavy atom. The molecule has 0 saturated heterocycles. The zero-order valence-electron chi connectivity index (χ0n) is 15.5. The van der Waals surface area contributed by atoms with Crippen molar-refractivity contribution in [3.8, 4) is 11.5 Å². The van der Waals surface area contributed by atoms with E-state index in [1.54, 1.807) is 30.5 Å². The van der Waals surface area contributed by atoms with Crippen LogP contribution in [0.1, 0.15) is 11.1 Å². The first-order chi connectivity index (χ1) is 14.0. The van der Waals surface area contributed by atoms with Crippen LogP contribution in [0.4, 0.5) is 11.4 Å². The van der Waals surface area contributed by atoms with Crippen molar-refractivity contribution in [3.63, 3.8) is 0 Å². The van der Waals surface area contributed by atoms with Crippen LogP contribution in [0.3, 0.4) is 0 Å². The van der Waals surface area contributed by atoms with Crippen molar-refractivity contribution in [2.45, 2.75) is 6.92 Å². The smallest absolute Gasteiger partial charge is 0.269 e. The molecular formula is C21H18N4O3S. The first kappa shape index (κ1) is 20.0. The highest BCUT2D eigenvalue weighted by Gasteiger charge is 2.05. The van der Waals surface area contributed by atoms with Crippen molar-refractivity contribution in [2.24, 2.45) is 5.10 Å². The summed E-state index contributed by atoms with van der Waals surface area (Å²) in [6.07, 6.45) is 1.64. The minimum absolute atomic E-state index is 0.0196. The van der Waals surface area contributed by atoms with E-state index in [1.165, 1.54) is 17.7 Å². The maximum absolute atomic E-state index is 10.7. The average Bonchev–Trinajstić information content (AvgIpc) is 2.71. The summed E-state index contributed by atoms with van der Waals surface area (Å²) in [7, 11) is 0. The van der Waals surface area contributed by atoms with Gasteiger partial charge in [-0.15, -0.1) is 0 Å². The largest absolute Gasteiger partial charge is 0.457 e. The van der Waals surface area contributed by atoms with Crippen LogP contribution in [0.2, 0.25) is 0 Å². The number of nitrogens with one attached hydrogen (secondary N) is 2. The fourth-order valence-electron chi connectivity index (χ4n) is 2.36. The van der Waals surface area contributed by atoms with Gasteiger partial charge in [0.2, 0.25) is 0 Å². The molecule has 0 aliphatic carbocycles. The van der Waals surface area contributed by atoms with Crippen molar-refractivity contribution in [2.75, 3.05) is 5.32 Å². The van der Waals surface area contributed by atoms with Gasteiger partial charge in [-0.05, 0) is 73.2 Å². The number of hydrazone groups is 1. The molecule has 3 aromatic carbocycles. The van der Waals surface area contributed by atoms with Crippen LogP contribution in [0.5, 0.6) is 11.5 Å². The highest BCUT2D eigenvalue weighted by Crippen LogP contribution is 2.23. The molecule has 2 N–H and O–H groups in total. The SMILES string of the molecule is Cc1ccc(NC(=S)N/N=C/c2ccc(Oc3ccc([N+](=O)[O-])cc3)cc2)cc1. The van der Waals surface area contributed by atoms with Gasteiger partial charge in [0, 0.05) is 17.8 Å². The molecule has 0 amide bonds. The quantitative estimate of drug-likeness (QED) is 0.259. The Balaban J connectivity index is 1.51. The number of thiocarbonyl (C=S) groups is 1. The van der Waals surface area contributed by atoms with Crippen molar-refractivity contribution >= 4 is 34.9 Å². The second kappa shape index (κ2) is 9.43. The molecule has 0 radical (unpaired) electrons. The molecule has 29 heavy (non-hydrogen) atoms. The van der Waals surface area contributed by atoms with Gasteiger partial charge >= 0.3 is 0 Å². The monoisotopic (exact) mass is 406 g/mol. The number of nitrogens with zero attached hydrogens (tertiary/aromatic N) is 2. The summed E-state index contributed by atoms with van der Waals surface area (Å²) in [6, 6.07) is 21.0. The summed E-state index contributed by atoms with van der Waals surface area (Å²) < 4.78 is 5.67. The second-order valence-electron chi connectivity index (χ2n) is 6.11. The van der Waals surface area contributed by atoms with E-state index in [2.05, 4.69) is 15.8 Å². The van der Waals surface area contributed by atoms with Gasteiger partial charge in [-0.1, -0.05) is 17.7 Å². The van der Waals surface area contributed by atoms with Crippen LogP contribution in [-0.4, -0.2) is 16.3 Å². The molecule has 7 nitrogen and oxygen atoms in total. The number of hydrogen-bond acceptors (Lipinski definition) is 5. The van der Waals surface area contributed by atoms with E-state index in [-0.39, 0.29) is 5.69 Å². The Hall–Kier alpha value is -3.78. The highest BCUT2D eigenvalue weighted by molar-refractivity contribution is 7.80. The van der Waals surface area contributed by atoms with E-state index in [9.17, 15) is 10.1 Å². The Morgan fingerprint density at radius 2 is 1.59 bits per heavy atom. The zero-order chi connectivity index (χ0) is 20.6. The van der Waals surface area contributed by atoms with Crippen molar-refractivity contribution in [1.29, 1.82) is 0 Å². The van der Waals surface area contributed by atoms with Gasteiger partial charge < -0.3 is 10.1 Å². The predicted octanol–water partition coefficient (Wildman–Crippen LogP) is 5.02. The molecule has 0 atom stereocenters. The number of nitro groups is 1. The van der Waals surface area contributed by atoms with E-state index in [0.29, 0.717) is 16.6 Å². The molecule has 8 heteroatoms. The standard InChI is InChI=1S/C21H18N4O3S/c1-15-2-6-17(7-3-15)23-21(29)24-22-14-16-4-10-19(11-5-16)28-20-12-8-18(9-13-20)25(26)27/h2-14H,1H3,(H2,23,24,29)/b22-14+. The first-order valence-electron chi connectivity index (χ1n) is 8.69. The number of aryl methyl sites for hydroxylation is 1. The first-order valence-corrected chi connectivity index (χ1v) is 9.09. The molecule has 0 aliphatic rings. The lowest BCUT2D eigenvalue weighted by molar-refractivity contribution is -0.384. The molecule has 0 bridgehead atoms. The number of nitro benzene ring substituents is 1. The van der Waals surface area contributed by atoms with Crippen LogP contribution in [0.15, 0.2) is 77.9 Å². The average molecular weight is 406 g/mol. The molecule has 0 aromatic heterocycles. The Bertz CT molecular complexity index is 1020. The van der Waals surface area contributed by atoms with E-state index in [4.69, 9.17) is 17.0 Å². The lowest BCUT2D eigenvalue weighted by Crippen LogP contribution is -2.23. The minimum Gasteiger partial charge on any atom is -0.457 e. The predicted molar refractivity (Wildman–Crippen MR) is 118 cm³/mol. The van der Waals surface area contributed by atoms with Gasteiger partial charge in [-0.3, -0.25) is 15.5 Å². The molecule has 3 aromatic rings.